The number of amides is 1. The number of hydrogen-bond acceptors (Lipinski definition) is 4. The molecule has 19 heavy (non-hydrogen) atoms. The van der Waals surface area contributed by atoms with Crippen molar-refractivity contribution in [1.82, 2.24) is 10.6 Å². The molecule has 3 rings (SSSR count). The molecule has 5 nitrogen and oxygen atoms in total. The predicted molar refractivity (Wildman–Crippen MR) is 70.4 cm³/mol. The Morgan fingerprint density at radius 1 is 1.05 bits per heavy atom. The topological polar surface area (TPSA) is 59.6 Å². The first-order valence-electron chi connectivity index (χ1n) is 6.75. The Labute approximate surface area is 112 Å². The maximum Gasteiger partial charge on any atom is 0.241 e. The molecule has 1 saturated heterocycles. The van der Waals surface area contributed by atoms with Gasteiger partial charge in [-0.3, -0.25) is 4.79 Å². The number of carbonyl (C=O) groups is 1. The van der Waals surface area contributed by atoms with E-state index in [0.717, 1.165) is 43.0 Å². The van der Waals surface area contributed by atoms with Crippen LogP contribution >= 0.6 is 0 Å². The van der Waals surface area contributed by atoms with Gasteiger partial charge in [0.15, 0.2) is 11.5 Å². The van der Waals surface area contributed by atoms with E-state index in [4.69, 9.17) is 9.47 Å². The number of carbonyl (C=O) groups excluding carboxylic acids is 1. The molecule has 0 aliphatic carbocycles. The van der Waals surface area contributed by atoms with Gasteiger partial charge in [0.2, 0.25) is 5.91 Å². The van der Waals surface area contributed by atoms with Crippen LogP contribution < -0.4 is 20.1 Å². The number of ether oxygens (including phenoxy) is 2. The maximum absolute atomic E-state index is 12.0. The Morgan fingerprint density at radius 3 is 2.79 bits per heavy atom. The molecule has 102 valence electrons. The van der Waals surface area contributed by atoms with Crippen LogP contribution in [-0.4, -0.2) is 32.2 Å². The van der Waals surface area contributed by atoms with Crippen molar-refractivity contribution < 1.29 is 14.3 Å². The second kappa shape index (κ2) is 5.48. The van der Waals surface area contributed by atoms with Crippen molar-refractivity contribution in [3.05, 3.63) is 23.8 Å². The molecular formula is C14H18N2O3. The Hall–Kier alpha value is -1.75. The van der Waals surface area contributed by atoms with Gasteiger partial charge < -0.3 is 20.1 Å². The maximum atomic E-state index is 12.0. The zero-order valence-corrected chi connectivity index (χ0v) is 10.8. The highest BCUT2D eigenvalue weighted by molar-refractivity contribution is 5.83. The van der Waals surface area contributed by atoms with Crippen molar-refractivity contribution in [2.75, 3.05) is 26.3 Å². The number of nitrogens with one attached hydrogen (secondary N) is 2. The summed E-state index contributed by atoms with van der Waals surface area (Å²) in [4.78, 5) is 12.0. The second-order valence-electron chi connectivity index (χ2n) is 4.79. The lowest BCUT2D eigenvalue weighted by Crippen LogP contribution is -2.33. The van der Waals surface area contributed by atoms with Gasteiger partial charge >= 0.3 is 0 Å². The molecule has 1 aromatic carbocycles. The number of hydrogen-bond donors (Lipinski definition) is 2. The highest BCUT2D eigenvalue weighted by atomic mass is 16.5. The summed E-state index contributed by atoms with van der Waals surface area (Å²) in [5.41, 5.74) is 0.920. The zero-order valence-electron chi connectivity index (χ0n) is 10.8. The highest BCUT2D eigenvalue weighted by Crippen LogP contribution is 2.32. The molecule has 2 aliphatic rings. The van der Waals surface area contributed by atoms with Crippen molar-refractivity contribution in [3.8, 4) is 11.5 Å². The van der Waals surface area contributed by atoms with E-state index in [9.17, 15) is 4.79 Å². The Balaban J connectivity index is 1.87. The van der Waals surface area contributed by atoms with Crippen LogP contribution in [0.2, 0.25) is 0 Å². The summed E-state index contributed by atoms with van der Waals surface area (Å²) in [5.74, 6) is 1.51. The van der Waals surface area contributed by atoms with Gasteiger partial charge in [0.25, 0.3) is 0 Å². The van der Waals surface area contributed by atoms with Crippen molar-refractivity contribution in [2.45, 2.75) is 18.9 Å². The number of benzene rings is 1. The summed E-state index contributed by atoms with van der Waals surface area (Å²) in [7, 11) is 0. The minimum Gasteiger partial charge on any atom is -0.490 e. The zero-order chi connectivity index (χ0) is 13.1. The molecule has 1 unspecified atom stereocenters. The molecule has 5 heteroatoms. The third-order valence-electron chi connectivity index (χ3n) is 3.37. The summed E-state index contributed by atoms with van der Waals surface area (Å²) < 4.78 is 11.3. The summed E-state index contributed by atoms with van der Waals surface area (Å²) >= 11 is 0. The van der Waals surface area contributed by atoms with E-state index >= 15 is 0 Å². The largest absolute Gasteiger partial charge is 0.490 e. The second-order valence-corrected chi connectivity index (χ2v) is 4.79. The molecule has 1 amide bonds. The normalized spacial score (nSPS) is 23.2. The fourth-order valence-electron chi connectivity index (χ4n) is 2.37. The minimum absolute atomic E-state index is 0.0204. The van der Waals surface area contributed by atoms with E-state index in [2.05, 4.69) is 10.6 Å². The standard InChI is InChI=1S/C14H18N2O3/c17-14-13(15-5-1-6-16-14)10-3-4-11-12(9-10)19-8-2-7-18-11/h3-4,9,13,15H,1-2,5-8H2,(H,16,17). The molecule has 0 radical (unpaired) electrons. The van der Waals surface area contributed by atoms with Crippen LogP contribution in [0, 0.1) is 0 Å². The van der Waals surface area contributed by atoms with E-state index in [-0.39, 0.29) is 11.9 Å². The molecular weight excluding hydrogens is 244 g/mol. The van der Waals surface area contributed by atoms with E-state index in [1.165, 1.54) is 0 Å². The third-order valence-corrected chi connectivity index (χ3v) is 3.37. The fourth-order valence-corrected chi connectivity index (χ4v) is 2.37. The molecule has 0 saturated carbocycles. The molecule has 2 aliphatic heterocycles. The summed E-state index contributed by atoms with van der Waals surface area (Å²) in [6.45, 7) is 2.89. The van der Waals surface area contributed by atoms with Crippen LogP contribution in [-0.2, 0) is 4.79 Å². The minimum atomic E-state index is -0.306. The van der Waals surface area contributed by atoms with E-state index < -0.39 is 0 Å². The van der Waals surface area contributed by atoms with Crippen LogP contribution in [0.4, 0.5) is 0 Å². The van der Waals surface area contributed by atoms with Gasteiger partial charge in [0.05, 0.1) is 13.2 Å². The molecule has 0 spiro atoms. The van der Waals surface area contributed by atoms with Crippen molar-refractivity contribution in [3.63, 3.8) is 0 Å². The van der Waals surface area contributed by atoms with Crippen molar-refractivity contribution in [2.24, 2.45) is 0 Å². The van der Waals surface area contributed by atoms with Gasteiger partial charge in [-0.2, -0.15) is 0 Å². The smallest absolute Gasteiger partial charge is 0.241 e. The Bertz CT molecular complexity index is 476. The van der Waals surface area contributed by atoms with E-state index in [1.54, 1.807) is 0 Å². The Morgan fingerprint density at radius 2 is 1.89 bits per heavy atom. The molecule has 1 atom stereocenters. The number of fused-ring (bicyclic) bond motifs is 1. The quantitative estimate of drug-likeness (QED) is 0.792. The third kappa shape index (κ3) is 2.66. The van der Waals surface area contributed by atoms with Gasteiger partial charge in [-0.15, -0.1) is 0 Å². The molecule has 0 bridgehead atoms. The SMILES string of the molecule is O=C1NCCCNC1c1ccc2c(c1)OCCCO2. The lowest BCUT2D eigenvalue weighted by atomic mass is 10.1. The van der Waals surface area contributed by atoms with Crippen LogP contribution in [0.1, 0.15) is 24.4 Å². The van der Waals surface area contributed by atoms with Crippen LogP contribution in [0.25, 0.3) is 0 Å². The lowest BCUT2D eigenvalue weighted by Gasteiger charge is -2.16. The van der Waals surface area contributed by atoms with Crippen molar-refractivity contribution >= 4 is 5.91 Å². The molecule has 1 aromatic rings. The average Bonchev–Trinajstić information content (AvgIpc) is 2.77. The first-order valence-corrected chi connectivity index (χ1v) is 6.75. The van der Waals surface area contributed by atoms with Crippen LogP contribution in [0.3, 0.4) is 0 Å². The van der Waals surface area contributed by atoms with Gasteiger partial charge in [0, 0.05) is 13.0 Å². The van der Waals surface area contributed by atoms with Crippen LogP contribution in [0.15, 0.2) is 18.2 Å². The highest BCUT2D eigenvalue weighted by Gasteiger charge is 2.23. The lowest BCUT2D eigenvalue weighted by molar-refractivity contribution is -0.122. The average molecular weight is 262 g/mol. The summed E-state index contributed by atoms with van der Waals surface area (Å²) in [6.07, 6.45) is 1.83. The van der Waals surface area contributed by atoms with E-state index in [1.807, 2.05) is 18.2 Å². The molecule has 1 fully saturated rings. The van der Waals surface area contributed by atoms with Gasteiger partial charge in [-0.1, -0.05) is 6.07 Å². The number of rotatable bonds is 1. The van der Waals surface area contributed by atoms with Crippen molar-refractivity contribution in [1.29, 1.82) is 0 Å². The Kier molecular flexibility index (Phi) is 3.55. The fraction of sp³-hybridized carbons (Fsp3) is 0.500. The summed E-state index contributed by atoms with van der Waals surface area (Å²) in [6, 6.07) is 5.41. The van der Waals surface area contributed by atoms with Gasteiger partial charge in [0.1, 0.15) is 6.04 Å². The first-order chi connectivity index (χ1) is 9.34. The molecule has 2 N–H and O–H groups in total. The van der Waals surface area contributed by atoms with Gasteiger partial charge in [-0.25, -0.2) is 0 Å². The first kappa shape index (κ1) is 12.3. The molecule has 0 aromatic heterocycles. The summed E-state index contributed by atoms with van der Waals surface area (Å²) in [5, 5.41) is 6.17. The van der Waals surface area contributed by atoms with Gasteiger partial charge in [-0.05, 0) is 30.7 Å². The predicted octanol–water partition coefficient (Wildman–Crippen LogP) is 0.998. The van der Waals surface area contributed by atoms with E-state index in [0.29, 0.717) is 13.2 Å². The monoisotopic (exact) mass is 262 g/mol. The molecule has 2 heterocycles. The van der Waals surface area contributed by atoms with Crippen LogP contribution in [0.5, 0.6) is 11.5 Å².